The highest BCUT2D eigenvalue weighted by molar-refractivity contribution is 5.82. The van der Waals surface area contributed by atoms with Crippen molar-refractivity contribution in [3.05, 3.63) is 59.1 Å². The third-order valence-corrected chi connectivity index (χ3v) is 2.96. The highest BCUT2D eigenvalue weighted by Gasteiger charge is 2.09. The van der Waals surface area contributed by atoms with Gasteiger partial charge in [0.1, 0.15) is 11.3 Å². The fourth-order valence-electron chi connectivity index (χ4n) is 2.05. The normalized spacial score (nSPS) is 10.7. The van der Waals surface area contributed by atoms with Crippen LogP contribution in [0.25, 0.3) is 22.2 Å². The molecule has 2 heterocycles. The molecular weight excluding hydrogens is 254 g/mol. The first kappa shape index (κ1) is 12.4. The van der Waals surface area contributed by atoms with Crippen LogP contribution in [0.3, 0.4) is 0 Å². The van der Waals surface area contributed by atoms with E-state index in [1.807, 2.05) is 25.1 Å². The molecule has 0 saturated heterocycles. The van der Waals surface area contributed by atoms with Gasteiger partial charge in [-0.25, -0.2) is 4.79 Å². The van der Waals surface area contributed by atoms with Crippen molar-refractivity contribution in [3.8, 4) is 17.0 Å². The van der Waals surface area contributed by atoms with Gasteiger partial charge in [0.25, 0.3) is 0 Å². The third kappa shape index (κ3) is 2.28. The van der Waals surface area contributed by atoms with Crippen LogP contribution in [-0.2, 0) is 0 Å². The van der Waals surface area contributed by atoms with Crippen LogP contribution in [0.5, 0.6) is 5.75 Å². The maximum Gasteiger partial charge on any atom is 0.345 e. The zero-order chi connectivity index (χ0) is 13.9. The monoisotopic (exact) mass is 267 g/mol. The largest absolute Gasteiger partial charge is 0.494 e. The van der Waals surface area contributed by atoms with Crippen molar-refractivity contribution in [1.29, 1.82) is 0 Å². The van der Waals surface area contributed by atoms with Gasteiger partial charge in [0, 0.05) is 17.6 Å². The molecule has 0 radical (unpaired) electrons. The Labute approximate surface area is 115 Å². The van der Waals surface area contributed by atoms with E-state index < -0.39 is 5.63 Å². The second kappa shape index (κ2) is 5.17. The Hall–Kier alpha value is -2.62. The van der Waals surface area contributed by atoms with Crippen molar-refractivity contribution >= 4 is 11.0 Å². The zero-order valence-electron chi connectivity index (χ0n) is 11.0. The number of benzene rings is 1. The summed E-state index contributed by atoms with van der Waals surface area (Å²) in [4.78, 5) is 16.2. The minimum Gasteiger partial charge on any atom is -0.494 e. The lowest BCUT2D eigenvalue weighted by Crippen LogP contribution is -2.03. The van der Waals surface area contributed by atoms with Crippen LogP contribution < -0.4 is 10.4 Å². The average molecular weight is 267 g/mol. The van der Waals surface area contributed by atoms with Crippen molar-refractivity contribution < 1.29 is 9.15 Å². The predicted octanol–water partition coefficient (Wildman–Crippen LogP) is 3.25. The maximum absolute atomic E-state index is 12.1. The molecule has 100 valence electrons. The Kier molecular flexibility index (Phi) is 3.21. The minimum atomic E-state index is -0.398. The Bertz CT molecular complexity index is 794. The first-order valence-corrected chi connectivity index (χ1v) is 6.40. The number of aromatic nitrogens is 1. The highest BCUT2D eigenvalue weighted by Crippen LogP contribution is 2.23. The fraction of sp³-hybridized carbons (Fsp3) is 0.125. The minimum absolute atomic E-state index is 0.398. The van der Waals surface area contributed by atoms with Crippen LogP contribution in [0.15, 0.2) is 57.9 Å². The summed E-state index contributed by atoms with van der Waals surface area (Å²) in [5.74, 6) is 0.689. The molecule has 4 heteroatoms. The average Bonchev–Trinajstić information content (AvgIpc) is 2.48. The molecule has 3 rings (SSSR count). The van der Waals surface area contributed by atoms with Gasteiger partial charge in [0.2, 0.25) is 0 Å². The lowest BCUT2D eigenvalue weighted by Gasteiger charge is -2.05. The van der Waals surface area contributed by atoms with E-state index >= 15 is 0 Å². The molecule has 0 atom stereocenters. The topological polar surface area (TPSA) is 52.3 Å². The summed E-state index contributed by atoms with van der Waals surface area (Å²) < 4.78 is 10.8. The zero-order valence-corrected chi connectivity index (χ0v) is 11.0. The van der Waals surface area contributed by atoms with Crippen molar-refractivity contribution in [2.75, 3.05) is 6.61 Å². The molecule has 20 heavy (non-hydrogen) atoms. The summed E-state index contributed by atoms with van der Waals surface area (Å²) in [6, 6.07) is 12.7. The molecule has 0 aliphatic carbocycles. The molecule has 0 aliphatic heterocycles. The van der Waals surface area contributed by atoms with Crippen molar-refractivity contribution in [2.24, 2.45) is 0 Å². The van der Waals surface area contributed by atoms with Crippen LogP contribution in [-0.4, -0.2) is 11.6 Å². The van der Waals surface area contributed by atoms with Crippen LogP contribution in [0.2, 0.25) is 0 Å². The molecule has 1 aromatic carbocycles. The molecule has 0 N–H and O–H groups in total. The maximum atomic E-state index is 12.1. The van der Waals surface area contributed by atoms with E-state index in [2.05, 4.69) is 4.98 Å². The third-order valence-electron chi connectivity index (χ3n) is 2.96. The van der Waals surface area contributed by atoms with E-state index in [-0.39, 0.29) is 0 Å². The first-order valence-electron chi connectivity index (χ1n) is 6.40. The first-order chi connectivity index (χ1) is 9.78. The Morgan fingerprint density at radius 3 is 2.85 bits per heavy atom. The Morgan fingerprint density at radius 1 is 1.20 bits per heavy atom. The SMILES string of the molecule is CCOc1ccc2cc(-c3ccccn3)c(=O)oc2c1. The molecule has 0 saturated carbocycles. The van der Waals surface area contributed by atoms with Crippen molar-refractivity contribution in [2.45, 2.75) is 6.92 Å². The lowest BCUT2D eigenvalue weighted by molar-refractivity contribution is 0.340. The quantitative estimate of drug-likeness (QED) is 0.683. The number of pyridine rings is 1. The van der Waals surface area contributed by atoms with Gasteiger partial charge in [-0.2, -0.15) is 0 Å². The van der Waals surface area contributed by atoms with Crippen LogP contribution >= 0.6 is 0 Å². The van der Waals surface area contributed by atoms with Crippen molar-refractivity contribution in [1.82, 2.24) is 4.98 Å². The second-order valence-electron chi connectivity index (χ2n) is 4.30. The molecule has 0 aliphatic rings. The molecule has 0 unspecified atom stereocenters. The summed E-state index contributed by atoms with van der Waals surface area (Å²) in [6.07, 6.45) is 1.65. The molecule has 0 fully saturated rings. The van der Waals surface area contributed by atoms with Crippen LogP contribution in [0, 0.1) is 0 Å². The van der Waals surface area contributed by atoms with Crippen LogP contribution in [0.4, 0.5) is 0 Å². The van der Waals surface area contributed by atoms with Gasteiger partial charge in [-0.3, -0.25) is 4.98 Å². The number of ether oxygens (including phenoxy) is 1. The number of nitrogens with zero attached hydrogens (tertiary/aromatic N) is 1. The molecule has 4 nitrogen and oxygen atoms in total. The predicted molar refractivity (Wildman–Crippen MR) is 76.9 cm³/mol. The summed E-state index contributed by atoms with van der Waals surface area (Å²) in [5, 5.41) is 0.841. The summed E-state index contributed by atoms with van der Waals surface area (Å²) in [7, 11) is 0. The van der Waals surface area contributed by atoms with Gasteiger partial charge in [0.15, 0.2) is 0 Å². The second-order valence-corrected chi connectivity index (χ2v) is 4.30. The van der Waals surface area contributed by atoms with Gasteiger partial charge in [-0.1, -0.05) is 6.07 Å². The van der Waals surface area contributed by atoms with E-state index in [1.165, 1.54) is 0 Å². The number of rotatable bonds is 3. The van der Waals surface area contributed by atoms with E-state index in [0.29, 0.717) is 29.2 Å². The number of hydrogen-bond acceptors (Lipinski definition) is 4. The summed E-state index contributed by atoms with van der Waals surface area (Å²) in [6.45, 7) is 2.48. The number of hydrogen-bond donors (Lipinski definition) is 0. The van der Waals surface area contributed by atoms with Crippen molar-refractivity contribution in [3.63, 3.8) is 0 Å². The molecule has 2 aromatic heterocycles. The van der Waals surface area contributed by atoms with Gasteiger partial charge in [-0.05, 0) is 37.3 Å². The van der Waals surface area contributed by atoms with Gasteiger partial charge in [-0.15, -0.1) is 0 Å². The molecule has 0 amide bonds. The van der Waals surface area contributed by atoms with E-state index in [0.717, 1.165) is 5.39 Å². The Morgan fingerprint density at radius 2 is 2.10 bits per heavy atom. The van der Waals surface area contributed by atoms with Gasteiger partial charge >= 0.3 is 5.63 Å². The summed E-state index contributed by atoms with van der Waals surface area (Å²) >= 11 is 0. The van der Waals surface area contributed by atoms with Gasteiger partial charge in [0.05, 0.1) is 17.9 Å². The fourth-order valence-corrected chi connectivity index (χ4v) is 2.05. The smallest absolute Gasteiger partial charge is 0.345 e. The van der Waals surface area contributed by atoms with E-state index in [9.17, 15) is 4.79 Å². The van der Waals surface area contributed by atoms with Gasteiger partial charge < -0.3 is 9.15 Å². The molecule has 0 spiro atoms. The summed E-state index contributed by atoms with van der Waals surface area (Å²) in [5.41, 5.74) is 1.18. The standard InChI is InChI=1S/C16H13NO3/c1-2-19-12-7-6-11-9-13(14-5-3-4-8-17-14)16(18)20-15(11)10-12/h3-10H,2H2,1H3. The molecular formula is C16H13NO3. The van der Waals surface area contributed by atoms with E-state index in [1.54, 1.807) is 30.5 Å². The van der Waals surface area contributed by atoms with E-state index in [4.69, 9.17) is 9.15 Å². The lowest BCUT2D eigenvalue weighted by atomic mass is 10.1. The van der Waals surface area contributed by atoms with Crippen LogP contribution in [0.1, 0.15) is 6.92 Å². The Balaban J connectivity index is 2.16. The number of fused-ring (bicyclic) bond motifs is 1. The highest BCUT2D eigenvalue weighted by atomic mass is 16.5. The molecule has 0 bridgehead atoms. The molecule has 3 aromatic rings.